The number of fused-ring (bicyclic) bond motifs is 2. The highest BCUT2D eigenvalue weighted by atomic mass is 127. The molecule has 0 bridgehead atoms. The van der Waals surface area contributed by atoms with E-state index >= 15 is 0 Å². The Morgan fingerprint density at radius 3 is 2.82 bits per heavy atom. The van der Waals surface area contributed by atoms with Gasteiger partial charge in [0.05, 0.1) is 3.92 Å². The highest BCUT2D eigenvalue weighted by molar-refractivity contribution is 14.1. The van der Waals surface area contributed by atoms with Crippen molar-refractivity contribution in [2.24, 2.45) is 5.73 Å². The molecule has 0 fully saturated rings. The van der Waals surface area contributed by atoms with E-state index in [0.717, 1.165) is 40.8 Å². The molecule has 0 saturated carbocycles. The number of aromatic nitrogens is 4. The maximum Gasteiger partial charge on any atom is 0.187 e. The molecular formula is C21H22IN5O. The Bertz CT molecular complexity index is 1100. The van der Waals surface area contributed by atoms with Crippen molar-refractivity contribution in [3.63, 3.8) is 0 Å². The van der Waals surface area contributed by atoms with Gasteiger partial charge in [-0.3, -0.25) is 4.40 Å². The second-order valence-electron chi connectivity index (χ2n) is 6.67. The van der Waals surface area contributed by atoms with Crippen molar-refractivity contribution >= 4 is 39.1 Å². The van der Waals surface area contributed by atoms with Gasteiger partial charge in [-0.1, -0.05) is 60.2 Å². The van der Waals surface area contributed by atoms with Crippen LogP contribution in [0.5, 0.6) is 5.75 Å². The third-order valence-electron chi connectivity index (χ3n) is 4.71. The first-order valence-corrected chi connectivity index (χ1v) is 10.7. The summed E-state index contributed by atoms with van der Waals surface area (Å²) in [6, 6.07) is 15.9. The van der Waals surface area contributed by atoms with E-state index in [2.05, 4.69) is 39.7 Å². The van der Waals surface area contributed by atoms with Gasteiger partial charge in [-0.25, -0.2) is 4.98 Å². The zero-order chi connectivity index (χ0) is 19.5. The third kappa shape index (κ3) is 3.68. The van der Waals surface area contributed by atoms with Crippen molar-refractivity contribution in [2.75, 3.05) is 6.54 Å². The summed E-state index contributed by atoms with van der Waals surface area (Å²) in [6.45, 7) is 2.74. The third-order valence-corrected chi connectivity index (χ3v) is 6.02. The smallest absolute Gasteiger partial charge is 0.187 e. The zero-order valence-corrected chi connectivity index (χ0v) is 17.8. The van der Waals surface area contributed by atoms with Crippen LogP contribution in [-0.2, 0) is 0 Å². The van der Waals surface area contributed by atoms with E-state index in [4.69, 9.17) is 15.5 Å². The van der Waals surface area contributed by atoms with E-state index in [1.165, 1.54) is 0 Å². The van der Waals surface area contributed by atoms with E-state index in [0.29, 0.717) is 12.4 Å². The van der Waals surface area contributed by atoms with Gasteiger partial charge in [0.2, 0.25) is 0 Å². The molecule has 0 radical (unpaired) electrons. The lowest BCUT2D eigenvalue weighted by Gasteiger charge is -2.23. The summed E-state index contributed by atoms with van der Waals surface area (Å²) in [4.78, 5) is 4.88. The average Bonchev–Trinajstić information content (AvgIpc) is 3.17. The molecule has 144 valence electrons. The van der Waals surface area contributed by atoms with Gasteiger partial charge < -0.3 is 10.5 Å². The van der Waals surface area contributed by atoms with Crippen LogP contribution in [0.4, 0.5) is 0 Å². The fraction of sp³-hybridized carbons (Fsp3) is 0.286. The fourth-order valence-corrected chi connectivity index (χ4v) is 3.77. The Labute approximate surface area is 177 Å². The highest BCUT2D eigenvalue weighted by Gasteiger charge is 2.20. The molecule has 2 atom stereocenters. The standard InChI is InChI=1S/C21H22IN5O/c1-2-6-17(15(22)13-23)28-18-8-5-7-14-10-11-16(24-20(14)18)21-26-25-19-9-3-4-12-27(19)21/h3-5,7-12,15,17H,2,6,13,23H2,1H3/t15-,17?/m1/s1. The Morgan fingerprint density at radius 1 is 1.11 bits per heavy atom. The van der Waals surface area contributed by atoms with Gasteiger partial charge >= 0.3 is 0 Å². The predicted molar refractivity (Wildman–Crippen MR) is 120 cm³/mol. The minimum Gasteiger partial charge on any atom is -0.487 e. The van der Waals surface area contributed by atoms with Crippen molar-refractivity contribution in [1.82, 2.24) is 19.6 Å². The molecule has 0 saturated heterocycles. The van der Waals surface area contributed by atoms with Crippen LogP contribution in [0.15, 0.2) is 54.7 Å². The second kappa shape index (κ2) is 8.40. The Balaban J connectivity index is 1.77. The SMILES string of the molecule is CCCC(Oc1cccc2ccc(-c3nnc4ccccn34)nc12)[C@H](I)CN. The summed E-state index contributed by atoms with van der Waals surface area (Å²) in [5.41, 5.74) is 8.27. The van der Waals surface area contributed by atoms with Crippen LogP contribution in [0.25, 0.3) is 28.1 Å². The van der Waals surface area contributed by atoms with Gasteiger partial charge in [0, 0.05) is 18.1 Å². The number of rotatable bonds is 7. The lowest BCUT2D eigenvalue weighted by molar-refractivity contribution is 0.195. The highest BCUT2D eigenvalue weighted by Crippen LogP contribution is 2.29. The summed E-state index contributed by atoms with van der Waals surface area (Å²) >= 11 is 2.37. The van der Waals surface area contributed by atoms with E-state index < -0.39 is 0 Å². The minimum atomic E-state index is 0.0561. The summed E-state index contributed by atoms with van der Waals surface area (Å²) in [5.74, 6) is 1.49. The van der Waals surface area contributed by atoms with Gasteiger partial charge in [0.25, 0.3) is 0 Å². The van der Waals surface area contributed by atoms with E-state index in [1.54, 1.807) is 0 Å². The molecule has 3 aromatic heterocycles. The summed E-state index contributed by atoms with van der Waals surface area (Å²) in [5, 5.41) is 9.59. The largest absolute Gasteiger partial charge is 0.487 e. The summed E-state index contributed by atoms with van der Waals surface area (Å²) in [6.07, 6.45) is 3.99. The molecule has 0 amide bonds. The Morgan fingerprint density at radius 2 is 2.00 bits per heavy atom. The van der Waals surface area contributed by atoms with Crippen molar-refractivity contribution in [2.45, 2.75) is 29.8 Å². The zero-order valence-electron chi connectivity index (χ0n) is 15.6. The van der Waals surface area contributed by atoms with Gasteiger partial charge in [0.1, 0.15) is 23.1 Å². The van der Waals surface area contributed by atoms with Crippen LogP contribution in [0, 0.1) is 0 Å². The van der Waals surface area contributed by atoms with Crippen LogP contribution in [0.2, 0.25) is 0 Å². The molecule has 7 heteroatoms. The molecular weight excluding hydrogens is 465 g/mol. The Hall–Kier alpha value is -2.26. The van der Waals surface area contributed by atoms with Crippen LogP contribution in [-0.4, -0.2) is 36.2 Å². The van der Waals surface area contributed by atoms with Crippen molar-refractivity contribution in [3.05, 3.63) is 54.7 Å². The number of pyridine rings is 2. The normalized spacial score (nSPS) is 13.7. The first-order valence-electron chi connectivity index (χ1n) is 9.42. The number of alkyl halides is 1. The fourth-order valence-electron chi connectivity index (χ4n) is 3.27. The minimum absolute atomic E-state index is 0.0561. The van der Waals surface area contributed by atoms with Gasteiger partial charge in [0.15, 0.2) is 11.5 Å². The average molecular weight is 487 g/mol. The molecule has 6 nitrogen and oxygen atoms in total. The molecule has 0 aliphatic heterocycles. The lowest BCUT2D eigenvalue weighted by atomic mass is 10.1. The van der Waals surface area contributed by atoms with Gasteiger partial charge in [-0.15, -0.1) is 10.2 Å². The molecule has 1 aromatic carbocycles. The molecule has 0 spiro atoms. The molecule has 0 aliphatic rings. The van der Waals surface area contributed by atoms with Crippen molar-refractivity contribution in [3.8, 4) is 17.3 Å². The van der Waals surface area contributed by atoms with Crippen LogP contribution < -0.4 is 10.5 Å². The molecule has 4 aromatic rings. The van der Waals surface area contributed by atoms with Crippen LogP contribution >= 0.6 is 22.6 Å². The number of hydrogen-bond donors (Lipinski definition) is 1. The molecule has 2 N–H and O–H groups in total. The van der Waals surface area contributed by atoms with Crippen LogP contribution in [0.1, 0.15) is 19.8 Å². The number of nitrogens with two attached hydrogens (primary N) is 1. The Kier molecular flexibility index (Phi) is 5.72. The number of halogens is 1. The molecule has 3 heterocycles. The first-order chi connectivity index (χ1) is 13.7. The quantitative estimate of drug-likeness (QED) is 0.312. The molecule has 1 unspecified atom stereocenters. The number of benzene rings is 1. The summed E-state index contributed by atoms with van der Waals surface area (Å²) in [7, 11) is 0. The molecule has 4 rings (SSSR count). The first kappa shape index (κ1) is 19.1. The topological polar surface area (TPSA) is 78.3 Å². The number of ether oxygens (including phenoxy) is 1. The molecule has 0 aliphatic carbocycles. The maximum atomic E-state index is 6.39. The van der Waals surface area contributed by atoms with Gasteiger partial charge in [-0.05, 0) is 30.7 Å². The number of nitrogens with zero attached hydrogens (tertiary/aromatic N) is 4. The maximum absolute atomic E-state index is 6.39. The van der Waals surface area contributed by atoms with Crippen LogP contribution in [0.3, 0.4) is 0 Å². The molecule has 28 heavy (non-hydrogen) atoms. The van der Waals surface area contributed by atoms with Crippen molar-refractivity contribution < 1.29 is 4.74 Å². The van der Waals surface area contributed by atoms with Gasteiger partial charge in [-0.2, -0.15) is 0 Å². The van der Waals surface area contributed by atoms with Crippen molar-refractivity contribution in [1.29, 1.82) is 0 Å². The lowest BCUT2D eigenvalue weighted by Crippen LogP contribution is -2.33. The predicted octanol–water partition coefficient (Wildman–Crippen LogP) is 4.25. The second-order valence-corrected chi connectivity index (χ2v) is 8.27. The number of hydrogen-bond acceptors (Lipinski definition) is 5. The van der Waals surface area contributed by atoms with E-state index in [-0.39, 0.29) is 10.0 Å². The van der Waals surface area contributed by atoms with E-state index in [1.807, 2.05) is 59.1 Å². The summed E-state index contributed by atoms with van der Waals surface area (Å²) < 4.78 is 8.57. The van der Waals surface area contributed by atoms with E-state index in [9.17, 15) is 0 Å². The monoisotopic (exact) mass is 487 g/mol. The number of para-hydroxylation sites is 1.